The number of esters is 1. The van der Waals surface area contributed by atoms with Crippen molar-refractivity contribution in [2.75, 3.05) is 0 Å². The first-order valence-electron chi connectivity index (χ1n) is 15.3. The summed E-state index contributed by atoms with van der Waals surface area (Å²) in [5.74, 6) is 3.69. The lowest BCUT2D eigenvalue weighted by Crippen LogP contribution is -2.50. The normalized spacial score (nSPS) is 39.1. The van der Waals surface area contributed by atoms with Crippen molar-refractivity contribution in [2.45, 2.75) is 149 Å². The van der Waals surface area contributed by atoms with E-state index in [4.69, 9.17) is 4.74 Å². The van der Waals surface area contributed by atoms with Gasteiger partial charge < -0.3 is 4.74 Å². The van der Waals surface area contributed by atoms with Crippen LogP contribution in [0.5, 0.6) is 0 Å². The zero-order valence-electron chi connectivity index (χ0n) is 23.0. The Balaban J connectivity index is 1.35. The van der Waals surface area contributed by atoms with Crippen LogP contribution < -0.4 is 0 Å². The van der Waals surface area contributed by atoms with Gasteiger partial charge >= 0.3 is 5.97 Å². The van der Waals surface area contributed by atoms with E-state index in [1.807, 2.05) is 0 Å². The number of carbonyl (C=O) groups is 1. The van der Waals surface area contributed by atoms with Crippen molar-refractivity contribution >= 4 is 5.97 Å². The van der Waals surface area contributed by atoms with Crippen LogP contribution >= 0.6 is 0 Å². The molecule has 2 nitrogen and oxygen atoms in total. The summed E-state index contributed by atoms with van der Waals surface area (Å²) in [6.45, 7) is 9.72. The van der Waals surface area contributed by atoms with Crippen LogP contribution in [0.4, 0.5) is 0 Å². The maximum atomic E-state index is 12.2. The summed E-state index contributed by atoms with van der Waals surface area (Å²) in [4.78, 5) is 12.2. The first-order chi connectivity index (χ1) is 16.4. The summed E-state index contributed by atoms with van der Waals surface area (Å²) in [6, 6.07) is 0. The summed E-state index contributed by atoms with van der Waals surface area (Å²) in [7, 11) is 0. The van der Waals surface area contributed by atoms with E-state index in [2.05, 4.69) is 33.8 Å². The van der Waals surface area contributed by atoms with Crippen LogP contribution in [0.1, 0.15) is 143 Å². The molecule has 3 saturated carbocycles. The molecule has 0 aromatic carbocycles. The smallest absolute Gasteiger partial charge is 0.306 e. The fourth-order valence-electron chi connectivity index (χ4n) is 9.05. The molecule has 0 aromatic rings. The summed E-state index contributed by atoms with van der Waals surface area (Å²) >= 11 is 0. The number of rotatable bonds is 11. The molecule has 0 amide bonds. The molecule has 0 bridgehead atoms. The molecule has 0 N–H and O–H groups in total. The molecule has 7 atom stereocenters. The molecule has 0 heterocycles. The Morgan fingerprint density at radius 3 is 2.47 bits per heavy atom. The SMILES string of the molecule is CCCCCCCC[C@@H]1CC[C@@H]2[C@H]3CC=C4C[C@@H](OC(=O)CCCC)CC[C@]4(C)[C@@H]3CC[C@]12C. The van der Waals surface area contributed by atoms with Gasteiger partial charge in [-0.25, -0.2) is 0 Å². The number of carbonyl (C=O) groups excluding carboxylic acids is 1. The van der Waals surface area contributed by atoms with Gasteiger partial charge in [-0.15, -0.1) is 0 Å². The molecule has 3 fully saturated rings. The zero-order chi connectivity index (χ0) is 24.2. The minimum absolute atomic E-state index is 0.0283. The second kappa shape index (κ2) is 11.5. The van der Waals surface area contributed by atoms with Gasteiger partial charge in [-0.1, -0.05) is 84.3 Å². The van der Waals surface area contributed by atoms with Crippen molar-refractivity contribution in [1.82, 2.24) is 0 Å². The Bertz CT molecular complexity index is 710. The monoisotopic (exact) mass is 470 g/mol. The van der Waals surface area contributed by atoms with Gasteiger partial charge in [-0.2, -0.15) is 0 Å². The molecule has 194 valence electrons. The van der Waals surface area contributed by atoms with Gasteiger partial charge in [0.15, 0.2) is 0 Å². The number of unbranched alkanes of at least 4 members (excludes halogenated alkanes) is 6. The van der Waals surface area contributed by atoms with E-state index in [0.29, 0.717) is 17.3 Å². The molecule has 4 aliphatic rings. The Morgan fingerprint density at radius 2 is 1.68 bits per heavy atom. The fourth-order valence-corrected chi connectivity index (χ4v) is 9.05. The van der Waals surface area contributed by atoms with E-state index in [1.54, 1.807) is 5.57 Å². The minimum atomic E-state index is 0.0283. The van der Waals surface area contributed by atoms with Crippen LogP contribution in [0, 0.1) is 34.5 Å². The van der Waals surface area contributed by atoms with E-state index in [9.17, 15) is 4.79 Å². The molecule has 0 aromatic heterocycles. The third kappa shape index (κ3) is 5.31. The van der Waals surface area contributed by atoms with Crippen molar-refractivity contribution in [3.8, 4) is 0 Å². The first-order valence-corrected chi connectivity index (χ1v) is 15.3. The quantitative estimate of drug-likeness (QED) is 0.171. The van der Waals surface area contributed by atoms with E-state index in [1.165, 1.54) is 83.5 Å². The van der Waals surface area contributed by atoms with Crippen LogP contribution in [-0.4, -0.2) is 12.1 Å². The second-order valence-electron chi connectivity index (χ2n) is 13.1. The van der Waals surface area contributed by atoms with E-state index >= 15 is 0 Å². The summed E-state index contributed by atoms with van der Waals surface area (Å²) in [5, 5.41) is 0. The predicted molar refractivity (Wildman–Crippen MR) is 143 cm³/mol. The van der Waals surface area contributed by atoms with Gasteiger partial charge in [0.2, 0.25) is 0 Å². The lowest BCUT2D eigenvalue weighted by atomic mass is 9.47. The molecule has 0 aliphatic heterocycles. The van der Waals surface area contributed by atoms with Gasteiger partial charge in [-0.05, 0) is 92.3 Å². The number of allylic oxidation sites excluding steroid dienone is 1. The Labute approximate surface area is 211 Å². The highest BCUT2D eigenvalue weighted by Crippen LogP contribution is 2.66. The Kier molecular flexibility index (Phi) is 8.90. The minimum Gasteiger partial charge on any atom is -0.462 e. The lowest BCUT2D eigenvalue weighted by Gasteiger charge is -2.58. The molecular weight excluding hydrogens is 416 g/mol. The molecule has 0 unspecified atom stereocenters. The Morgan fingerprint density at radius 1 is 0.912 bits per heavy atom. The highest BCUT2D eigenvalue weighted by atomic mass is 16.5. The van der Waals surface area contributed by atoms with Crippen LogP contribution in [0.3, 0.4) is 0 Å². The largest absolute Gasteiger partial charge is 0.462 e. The maximum Gasteiger partial charge on any atom is 0.306 e. The lowest BCUT2D eigenvalue weighted by molar-refractivity contribution is -0.151. The zero-order valence-corrected chi connectivity index (χ0v) is 23.0. The molecule has 0 radical (unpaired) electrons. The molecular formula is C32H54O2. The number of hydrogen-bond donors (Lipinski definition) is 0. The van der Waals surface area contributed by atoms with Crippen molar-refractivity contribution in [3.63, 3.8) is 0 Å². The maximum absolute atomic E-state index is 12.2. The third-order valence-electron chi connectivity index (χ3n) is 11.2. The van der Waals surface area contributed by atoms with E-state index in [0.717, 1.165) is 49.4 Å². The summed E-state index contributed by atoms with van der Waals surface area (Å²) < 4.78 is 5.91. The highest BCUT2D eigenvalue weighted by Gasteiger charge is 2.58. The van der Waals surface area contributed by atoms with Gasteiger partial charge in [0, 0.05) is 12.8 Å². The third-order valence-corrected chi connectivity index (χ3v) is 11.2. The highest BCUT2D eigenvalue weighted by molar-refractivity contribution is 5.69. The van der Waals surface area contributed by atoms with E-state index in [-0.39, 0.29) is 12.1 Å². The van der Waals surface area contributed by atoms with Crippen LogP contribution in [0.15, 0.2) is 11.6 Å². The molecule has 4 aliphatic carbocycles. The van der Waals surface area contributed by atoms with Crippen molar-refractivity contribution in [3.05, 3.63) is 11.6 Å². The average Bonchev–Trinajstić information content (AvgIpc) is 3.16. The standard InChI is InChI=1S/C32H54O2/c1-5-7-9-10-11-12-13-24-16-18-28-27-17-15-25-23-26(34-30(33)14-8-6-2)19-21-32(25,4)29(27)20-22-31(24,28)3/h15,24,26-29H,5-14,16-23H2,1-4H3/t24-,26+,27-,28-,29-,31-,32+/m1/s1. The topological polar surface area (TPSA) is 26.3 Å². The van der Waals surface area contributed by atoms with Crippen molar-refractivity contribution in [2.24, 2.45) is 34.5 Å². The number of ether oxygens (including phenoxy) is 1. The van der Waals surface area contributed by atoms with Crippen LogP contribution in [0.25, 0.3) is 0 Å². The molecule has 0 saturated heterocycles. The first kappa shape index (κ1) is 26.3. The Hall–Kier alpha value is -0.790. The number of fused-ring (bicyclic) bond motifs is 5. The van der Waals surface area contributed by atoms with Crippen LogP contribution in [-0.2, 0) is 9.53 Å². The number of hydrogen-bond acceptors (Lipinski definition) is 2. The van der Waals surface area contributed by atoms with Crippen molar-refractivity contribution in [1.29, 1.82) is 0 Å². The summed E-state index contributed by atoms with van der Waals surface area (Å²) in [6.07, 6.45) is 25.9. The van der Waals surface area contributed by atoms with Gasteiger partial charge in [0.25, 0.3) is 0 Å². The molecule has 2 heteroatoms. The van der Waals surface area contributed by atoms with Crippen LogP contribution in [0.2, 0.25) is 0 Å². The molecule has 4 rings (SSSR count). The van der Waals surface area contributed by atoms with E-state index < -0.39 is 0 Å². The van der Waals surface area contributed by atoms with Crippen molar-refractivity contribution < 1.29 is 9.53 Å². The second-order valence-corrected chi connectivity index (χ2v) is 13.1. The fraction of sp³-hybridized carbons (Fsp3) is 0.906. The molecule has 34 heavy (non-hydrogen) atoms. The van der Waals surface area contributed by atoms with Gasteiger partial charge in [0.1, 0.15) is 6.10 Å². The van der Waals surface area contributed by atoms with Gasteiger partial charge in [0.05, 0.1) is 0 Å². The predicted octanol–water partition coefficient (Wildman–Crippen LogP) is 9.42. The summed E-state index contributed by atoms with van der Waals surface area (Å²) in [5.41, 5.74) is 2.59. The van der Waals surface area contributed by atoms with Gasteiger partial charge in [-0.3, -0.25) is 4.79 Å². The average molecular weight is 471 g/mol. The molecule has 0 spiro atoms.